The highest BCUT2D eigenvalue weighted by molar-refractivity contribution is 7.80. The predicted octanol–water partition coefficient (Wildman–Crippen LogP) is 3.95. The van der Waals surface area contributed by atoms with Crippen molar-refractivity contribution in [3.8, 4) is 11.1 Å². The van der Waals surface area contributed by atoms with Crippen LogP contribution in [0.2, 0.25) is 0 Å². The summed E-state index contributed by atoms with van der Waals surface area (Å²) < 4.78 is 0. The zero-order valence-electron chi connectivity index (χ0n) is 8.07. The van der Waals surface area contributed by atoms with Crippen LogP contribution in [-0.2, 0) is 0 Å². The Bertz CT molecular complexity index is 432. The van der Waals surface area contributed by atoms with Gasteiger partial charge in [0.05, 0.1) is 0 Å². The highest BCUT2D eigenvalue weighted by Gasteiger charge is 1.98. The molecule has 0 unspecified atom stereocenters. The van der Waals surface area contributed by atoms with Crippen LogP contribution in [0.3, 0.4) is 0 Å². The summed E-state index contributed by atoms with van der Waals surface area (Å²) in [5.41, 5.74) is 3.68. The maximum atomic E-state index is 4.42. The lowest BCUT2D eigenvalue weighted by atomic mass is 10.0. The van der Waals surface area contributed by atoms with Crippen molar-refractivity contribution in [2.45, 2.75) is 11.8 Å². The second-order valence-electron chi connectivity index (χ2n) is 3.37. The summed E-state index contributed by atoms with van der Waals surface area (Å²) in [7, 11) is 0. The molecule has 0 fully saturated rings. The van der Waals surface area contributed by atoms with Crippen molar-refractivity contribution in [3.05, 3.63) is 54.1 Å². The SMILES string of the molecule is Cc1ccc(-c2ccccc2)cc1S. The summed E-state index contributed by atoms with van der Waals surface area (Å²) in [6.45, 7) is 2.07. The molecule has 2 aromatic rings. The number of benzene rings is 2. The van der Waals surface area contributed by atoms with Crippen molar-refractivity contribution >= 4 is 12.6 Å². The molecule has 0 aliphatic heterocycles. The van der Waals surface area contributed by atoms with Crippen LogP contribution >= 0.6 is 12.6 Å². The zero-order chi connectivity index (χ0) is 9.97. The normalized spacial score (nSPS) is 10.1. The first-order valence-electron chi connectivity index (χ1n) is 4.62. The molecule has 2 aromatic carbocycles. The second kappa shape index (κ2) is 3.89. The van der Waals surface area contributed by atoms with Gasteiger partial charge < -0.3 is 0 Å². The Morgan fingerprint density at radius 2 is 1.57 bits per heavy atom. The fraction of sp³-hybridized carbons (Fsp3) is 0.0769. The molecule has 2 rings (SSSR count). The smallest absolute Gasteiger partial charge is 0.00753 e. The van der Waals surface area contributed by atoms with E-state index in [0.717, 1.165) is 4.90 Å². The van der Waals surface area contributed by atoms with E-state index in [1.165, 1.54) is 16.7 Å². The fourth-order valence-corrected chi connectivity index (χ4v) is 1.63. The molecule has 0 N–H and O–H groups in total. The Morgan fingerprint density at radius 1 is 0.857 bits per heavy atom. The van der Waals surface area contributed by atoms with Gasteiger partial charge in [-0.2, -0.15) is 0 Å². The summed E-state index contributed by atoms with van der Waals surface area (Å²) in [4.78, 5) is 1.05. The van der Waals surface area contributed by atoms with Crippen LogP contribution in [0.5, 0.6) is 0 Å². The first-order chi connectivity index (χ1) is 6.77. The van der Waals surface area contributed by atoms with Gasteiger partial charge in [0.15, 0.2) is 0 Å². The van der Waals surface area contributed by atoms with Gasteiger partial charge in [-0.05, 0) is 29.7 Å². The molecular weight excluding hydrogens is 188 g/mol. The highest BCUT2D eigenvalue weighted by atomic mass is 32.1. The van der Waals surface area contributed by atoms with Crippen LogP contribution in [0.1, 0.15) is 5.56 Å². The number of aryl methyl sites for hydroxylation is 1. The summed E-state index contributed by atoms with van der Waals surface area (Å²) in [5, 5.41) is 0. The third-order valence-electron chi connectivity index (χ3n) is 2.32. The highest BCUT2D eigenvalue weighted by Crippen LogP contribution is 2.23. The topological polar surface area (TPSA) is 0 Å². The minimum atomic E-state index is 1.05. The van der Waals surface area contributed by atoms with E-state index in [0.29, 0.717) is 0 Å². The van der Waals surface area contributed by atoms with E-state index in [9.17, 15) is 0 Å². The van der Waals surface area contributed by atoms with Crippen molar-refractivity contribution in [1.29, 1.82) is 0 Å². The quantitative estimate of drug-likeness (QED) is 0.662. The van der Waals surface area contributed by atoms with Crippen molar-refractivity contribution in [1.82, 2.24) is 0 Å². The first kappa shape index (κ1) is 9.35. The van der Waals surface area contributed by atoms with Crippen LogP contribution in [0.25, 0.3) is 11.1 Å². The first-order valence-corrected chi connectivity index (χ1v) is 5.07. The van der Waals surface area contributed by atoms with E-state index in [-0.39, 0.29) is 0 Å². The second-order valence-corrected chi connectivity index (χ2v) is 3.85. The maximum Gasteiger partial charge on any atom is 0.00753 e. The molecule has 0 saturated carbocycles. The van der Waals surface area contributed by atoms with E-state index in [2.05, 4.69) is 49.9 Å². The molecule has 0 amide bonds. The van der Waals surface area contributed by atoms with E-state index in [1.54, 1.807) is 0 Å². The van der Waals surface area contributed by atoms with Gasteiger partial charge >= 0.3 is 0 Å². The van der Waals surface area contributed by atoms with Crippen molar-refractivity contribution in [2.75, 3.05) is 0 Å². The lowest BCUT2D eigenvalue weighted by Crippen LogP contribution is -1.80. The van der Waals surface area contributed by atoms with Gasteiger partial charge in [0.1, 0.15) is 0 Å². The van der Waals surface area contributed by atoms with Gasteiger partial charge in [0.2, 0.25) is 0 Å². The molecular formula is C13H12S. The third kappa shape index (κ3) is 1.83. The zero-order valence-corrected chi connectivity index (χ0v) is 8.96. The molecule has 0 atom stereocenters. The van der Waals surface area contributed by atoms with Crippen LogP contribution in [0.15, 0.2) is 53.4 Å². The molecule has 0 spiro atoms. The molecule has 0 saturated heterocycles. The molecule has 0 bridgehead atoms. The maximum absolute atomic E-state index is 4.42. The van der Waals surface area contributed by atoms with E-state index in [1.807, 2.05) is 18.2 Å². The standard InChI is InChI=1S/C13H12S/c1-10-7-8-12(9-13(10)14)11-5-3-2-4-6-11/h2-9,14H,1H3. The van der Waals surface area contributed by atoms with E-state index < -0.39 is 0 Å². The Hall–Kier alpha value is -1.21. The molecule has 0 radical (unpaired) electrons. The van der Waals surface area contributed by atoms with Gasteiger partial charge in [-0.3, -0.25) is 0 Å². The van der Waals surface area contributed by atoms with Gasteiger partial charge in [-0.1, -0.05) is 42.5 Å². The Kier molecular flexibility index (Phi) is 2.60. The van der Waals surface area contributed by atoms with Gasteiger partial charge in [0.25, 0.3) is 0 Å². The number of hydrogen-bond donors (Lipinski definition) is 1. The molecule has 70 valence electrons. The van der Waals surface area contributed by atoms with E-state index in [4.69, 9.17) is 0 Å². The number of rotatable bonds is 1. The number of thiol groups is 1. The third-order valence-corrected chi connectivity index (χ3v) is 2.80. The number of hydrogen-bond acceptors (Lipinski definition) is 1. The summed E-state index contributed by atoms with van der Waals surface area (Å²) in [6, 6.07) is 16.7. The molecule has 14 heavy (non-hydrogen) atoms. The minimum Gasteiger partial charge on any atom is -0.143 e. The van der Waals surface area contributed by atoms with Crippen molar-refractivity contribution in [3.63, 3.8) is 0 Å². The molecule has 0 aliphatic rings. The van der Waals surface area contributed by atoms with Gasteiger partial charge in [-0.25, -0.2) is 0 Å². The monoisotopic (exact) mass is 200 g/mol. The Balaban J connectivity index is 2.48. The van der Waals surface area contributed by atoms with Gasteiger partial charge in [-0.15, -0.1) is 12.6 Å². The molecule has 0 heterocycles. The summed E-state index contributed by atoms with van der Waals surface area (Å²) in [5.74, 6) is 0. The lowest BCUT2D eigenvalue weighted by molar-refractivity contribution is 1.31. The summed E-state index contributed by atoms with van der Waals surface area (Å²) in [6.07, 6.45) is 0. The average Bonchev–Trinajstić information content (AvgIpc) is 2.23. The Morgan fingerprint density at radius 3 is 2.21 bits per heavy atom. The van der Waals surface area contributed by atoms with E-state index >= 15 is 0 Å². The van der Waals surface area contributed by atoms with Crippen LogP contribution in [0, 0.1) is 6.92 Å². The van der Waals surface area contributed by atoms with Crippen molar-refractivity contribution < 1.29 is 0 Å². The summed E-state index contributed by atoms with van der Waals surface area (Å²) >= 11 is 4.42. The van der Waals surface area contributed by atoms with Crippen LogP contribution in [-0.4, -0.2) is 0 Å². The molecule has 0 nitrogen and oxygen atoms in total. The van der Waals surface area contributed by atoms with Crippen LogP contribution in [0.4, 0.5) is 0 Å². The molecule has 1 heteroatoms. The van der Waals surface area contributed by atoms with Gasteiger partial charge in [0, 0.05) is 4.90 Å². The minimum absolute atomic E-state index is 1.05. The average molecular weight is 200 g/mol. The van der Waals surface area contributed by atoms with Crippen molar-refractivity contribution in [2.24, 2.45) is 0 Å². The Labute approximate surface area is 90.0 Å². The van der Waals surface area contributed by atoms with Crippen LogP contribution < -0.4 is 0 Å². The predicted molar refractivity (Wildman–Crippen MR) is 63.9 cm³/mol. The fourth-order valence-electron chi connectivity index (χ4n) is 1.42. The lowest BCUT2D eigenvalue weighted by Gasteiger charge is -2.04. The molecule has 0 aromatic heterocycles. The largest absolute Gasteiger partial charge is 0.143 e. The molecule has 0 aliphatic carbocycles.